The van der Waals surface area contributed by atoms with E-state index in [2.05, 4.69) is 15.6 Å². The Kier molecular flexibility index (Phi) is 11.6. The van der Waals surface area contributed by atoms with Crippen LogP contribution in [0, 0.1) is 5.92 Å². The molecule has 1 heterocycles. The fourth-order valence-corrected chi connectivity index (χ4v) is 5.10. The Hall–Kier alpha value is -3.34. The van der Waals surface area contributed by atoms with Crippen LogP contribution in [0.1, 0.15) is 35.5 Å². The van der Waals surface area contributed by atoms with Crippen LogP contribution in [0.2, 0.25) is 10.0 Å². The lowest BCUT2D eigenvalue weighted by atomic mass is 10.1. The minimum Gasteiger partial charge on any atom is -0.493 e. The van der Waals surface area contributed by atoms with Gasteiger partial charge in [0.2, 0.25) is 11.8 Å². The topological polar surface area (TPSA) is 110 Å². The van der Waals surface area contributed by atoms with Gasteiger partial charge < -0.3 is 25.0 Å². The number of rotatable bonds is 13. The Balaban J connectivity index is 1.51. The summed E-state index contributed by atoms with van der Waals surface area (Å²) in [7, 11) is 3.15. The number of carbonyl (C=O) groups excluding carboxylic acids is 3. The number of nitrogens with zero attached hydrogens (tertiary/aromatic N) is 2. The van der Waals surface area contributed by atoms with Gasteiger partial charge in [0.1, 0.15) is 6.54 Å². The van der Waals surface area contributed by atoms with Crippen molar-refractivity contribution in [2.45, 2.75) is 26.7 Å². The number of anilines is 1. The fraction of sp³-hybridized carbons (Fsp3) is 0.357. The average Bonchev–Trinajstić information content (AvgIpc) is 3.33. The number of halogens is 2. The van der Waals surface area contributed by atoms with E-state index in [0.29, 0.717) is 46.9 Å². The van der Waals surface area contributed by atoms with Gasteiger partial charge in [-0.1, -0.05) is 43.1 Å². The molecule has 0 saturated heterocycles. The maximum atomic E-state index is 13.1. The summed E-state index contributed by atoms with van der Waals surface area (Å²) in [5.41, 5.74) is 1.81. The summed E-state index contributed by atoms with van der Waals surface area (Å²) >= 11 is 13.4. The van der Waals surface area contributed by atoms with Crippen molar-refractivity contribution in [3.8, 4) is 11.5 Å². The predicted molar refractivity (Wildman–Crippen MR) is 158 cm³/mol. The van der Waals surface area contributed by atoms with Crippen molar-refractivity contribution in [1.82, 2.24) is 15.2 Å². The van der Waals surface area contributed by atoms with Crippen LogP contribution in [0.5, 0.6) is 11.5 Å². The van der Waals surface area contributed by atoms with Crippen LogP contribution in [0.25, 0.3) is 0 Å². The molecule has 2 N–H and O–H groups in total. The highest BCUT2D eigenvalue weighted by Gasteiger charge is 2.22. The average molecular weight is 608 g/mol. The number of methoxy groups -OCH3 is 2. The van der Waals surface area contributed by atoms with E-state index in [0.717, 1.165) is 5.56 Å². The van der Waals surface area contributed by atoms with Crippen LogP contribution in [-0.4, -0.2) is 61.5 Å². The summed E-state index contributed by atoms with van der Waals surface area (Å²) in [5, 5.41) is 8.30. The minimum absolute atomic E-state index is 0.0747. The molecule has 214 valence electrons. The molecule has 0 spiro atoms. The lowest BCUT2D eigenvalue weighted by Crippen LogP contribution is -2.40. The summed E-state index contributed by atoms with van der Waals surface area (Å²) in [4.78, 5) is 44.1. The summed E-state index contributed by atoms with van der Waals surface area (Å²) in [6, 6.07) is 10.2. The number of carbonyl (C=O) groups is 3. The third-order valence-electron chi connectivity index (χ3n) is 5.69. The van der Waals surface area contributed by atoms with Crippen LogP contribution < -0.4 is 20.1 Å². The molecule has 0 saturated carbocycles. The molecule has 1 aromatic heterocycles. The second kappa shape index (κ2) is 14.9. The number of benzene rings is 2. The van der Waals surface area contributed by atoms with Crippen molar-refractivity contribution in [2.75, 3.05) is 39.2 Å². The predicted octanol–water partition coefficient (Wildman–Crippen LogP) is 5.11. The van der Waals surface area contributed by atoms with Gasteiger partial charge in [0, 0.05) is 23.5 Å². The SMILES string of the molecule is COc1ccc(CCNC(=O)Cc2csc(NC(=O)CN(CC(C)C)C(=O)c3ccc(Cl)cc3Cl)n2)cc1OC. The van der Waals surface area contributed by atoms with Crippen molar-refractivity contribution in [3.05, 3.63) is 68.6 Å². The molecular weight excluding hydrogens is 575 g/mol. The lowest BCUT2D eigenvalue weighted by molar-refractivity contribution is -0.120. The number of ether oxygens (including phenoxy) is 2. The zero-order valence-electron chi connectivity index (χ0n) is 22.8. The quantitative estimate of drug-likeness (QED) is 0.280. The molecule has 0 unspecified atom stereocenters. The molecule has 0 aliphatic carbocycles. The highest BCUT2D eigenvalue weighted by atomic mass is 35.5. The van der Waals surface area contributed by atoms with E-state index in [4.69, 9.17) is 32.7 Å². The normalized spacial score (nSPS) is 10.8. The molecule has 0 fully saturated rings. The maximum Gasteiger partial charge on any atom is 0.255 e. The van der Waals surface area contributed by atoms with E-state index in [1.54, 1.807) is 31.7 Å². The Bertz CT molecular complexity index is 1350. The van der Waals surface area contributed by atoms with Crippen molar-refractivity contribution < 1.29 is 23.9 Å². The van der Waals surface area contributed by atoms with Gasteiger partial charge in [-0.05, 0) is 48.2 Å². The van der Waals surface area contributed by atoms with Crippen molar-refractivity contribution >= 4 is 57.4 Å². The first-order valence-electron chi connectivity index (χ1n) is 12.6. The monoisotopic (exact) mass is 606 g/mol. The van der Waals surface area contributed by atoms with Gasteiger partial charge in [0.15, 0.2) is 16.6 Å². The molecule has 0 bridgehead atoms. The van der Waals surface area contributed by atoms with Gasteiger partial charge in [-0.25, -0.2) is 4.98 Å². The van der Waals surface area contributed by atoms with E-state index < -0.39 is 5.91 Å². The molecule has 2 aromatic carbocycles. The molecule has 0 aliphatic rings. The molecule has 3 rings (SSSR count). The third kappa shape index (κ3) is 9.11. The van der Waals surface area contributed by atoms with Gasteiger partial charge in [0.05, 0.1) is 36.9 Å². The van der Waals surface area contributed by atoms with Crippen LogP contribution in [-0.2, 0) is 22.4 Å². The summed E-state index contributed by atoms with van der Waals surface area (Å²) in [6.45, 7) is 4.53. The number of nitrogens with one attached hydrogen (secondary N) is 2. The van der Waals surface area contributed by atoms with Crippen LogP contribution in [0.4, 0.5) is 5.13 Å². The van der Waals surface area contributed by atoms with Crippen molar-refractivity contribution in [2.24, 2.45) is 5.92 Å². The minimum atomic E-state index is -0.403. The van der Waals surface area contributed by atoms with E-state index in [1.165, 1.54) is 22.3 Å². The Morgan fingerprint density at radius 2 is 1.77 bits per heavy atom. The zero-order valence-corrected chi connectivity index (χ0v) is 25.1. The first-order chi connectivity index (χ1) is 19.1. The van der Waals surface area contributed by atoms with Gasteiger partial charge in [-0.3, -0.25) is 14.4 Å². The number of amides is 3. The molecule has 3 amide bonds. The molecule has 3 aromatic rings. The standard InChI is InChI=1S/C28H32Cl2N4O5S/c1-17(2)14-34(27(37)21-7-6-19(29)12-22(21)30)15-26(36)33-28-32-20(16-40-28)13-25(35)31-10-9-18-5-8-23(38-3)24(11-18)39-4/h5-8,11-12,16-17H,9-10,13-15H2,1-4H3,(H,31,35)(H,32,33,36). The number of thiazole rings is 1. The van der Waals surface area contributed by atoms with E-state index in [9.17, 15) is 14.4 Å². The summed E-state index contributed by atoms with van der Waals surface area (Å²) in [5.74, 6) is 0.451. The molecule has 12 heteroatoms. The highest BCUT2D eigenvalue weighted by molar-refractivity contribution is 7.13. The molecule has 0 radical (unpaired) electrons. The van der Waals surface area contributed by atoms with Gasteiger partial charge in [-0.15, -0.1) is 11.3 Å². The Morgan fingerprint density at radius 3 is 2.45 bits per heavy atom. The largest absolute Gasteiger partial charge is 0.493 e. The molecule has 0 atom stereocenters. The molecule has 9 nitrogen and oxygen atoms in total. The van der Waals surface area contributed by atoms with Gasteiger partial charge >= 0.3 is 0 Å². The molecule has 40 heavy (non-hydrogen) atoms. The smallest absolute Gasteiger partial charge is 0.255 e. The third-order valence-corrected chi connectivity index (χ3v) is 7.05. The number of aromatic nitrogens is 1. The molecular formula is C28H32Cl2N4O5S. The van der Waals surface area contributed by atoms with Gasteiger partial charge in [-0.2, -0.15) is 0 Å². The van der Waals surface area contributed by atoms with E-state index in [-0.39, 0.29) is 41.3 Å². The number of hydrogen-bond donors (Lipinski definition) is 2. The summed E-state index contributed by atoms with van der Waals surface area (Å²) < 4.78 is 10.6. The highest BCUT2D eigenvalue weighted by Crippen LogP contribution is 2.27. The lowest BCUT2D eigenvalue weighted by Gasteiger charge is -2.24. The zero-order chi connectivity index (χ0) is 29.2. The summed E-state index contributed by atoms with van der Waals surface area (Å²) in [6.07, 6.45) is 0.697. The second-order valence-electron chi connectivity index (χ2n) is 9.36. The van der Waals surface area contributed by atoms with E-state index >= 15 is 0 Å². The van der Waals surface area contributed by atoms with Crippen molar-refractivity contribution in [1.29, 1.82) is 0 Å². The first kappa shape index (κ1) is 31.2. The van der Waals surface area contributed by atoms with Gasteiger partial charge in [0.25, 0.3) is 5.91 Å². The Labute approximate surface area is 247 Å². The first-order valence-corrected chi connectivity index (χ1v) is 14.2. The van der Waals surface area contributed by atoms with Crippen LogP contribution in [0.3, 0.4) is 0 Å². The second-order valence-corrected chi connectivity index (χ2v) is 11.1. The number of hydrogen-bond acceptors (Lipinski definition) is 7. The Morgan fingerprint density at radius 1 is 1.02 bits per heavy atom. The van der Waals surface area contributed by atoms with Crippen LogP contribution in [0.15, 0.2) is 41.8 Å². The molecule has 0 aliphatic heterocycles. The van der Waals surface area contributed by atoms with Crippen molar-refractivity contribution in [3.63, 3.8) is 0 Å². The van der Waals surface area contributed by atoms with Crippen LogP contribution >= 0.6 is 34.5 Å². The fourth-order valence-electron chi connectivity index (χ4n) is 3.88. The van der Waals surface area contributed by atoms with E-state index in [1.807, 2.05) is 32.0 Å². The maximum absolute atomic E-state index is 13.1.